The van der Waals surface area contributed by atoms with E-state index in [0.717, 1.165) is 0 Å². The number of nitrogens with two attached hydrogens (primary N) is 1. The summed E-state index contributed by atoms with van der Waals surface area (Å²) >= 11 is 0. The second kappa shape index (κ2) is 3.59. The third-order valence-electron chi connectivity index (χ3n) is 2.59. The number of hydrogen-bond donors (Lipinski definition) is 4. The molecule has 13 heavy (non-hydrogen) atoms. The average Bonchev–Trinajstić information content (AvgIpc) is 2.44. The SMILES string of the molecule is NCC(=O)C1(O)CCC[C@]1(O)PO. The molecule has 0 amide bonds. The third kappa shape index (κ3) is 1.51. The quantitative estimate of drug-likeness (QED) is 0.431. The lowest BCUT2D eigenvalue weighted by Crippen LogP contribution is -2.54. The van der Waals surface area contributed by atoms with E-state index in [1.807, 2.05) is 0 Å². The lowest BCUT2D eigenvalue weighted by atomic mass is 9.93. The van der Waals surface area contributed by atoms with Crippen molar-refractivity contribution in [2.75, 3.05) is 6.54 Å². The highest BCUT2D eigenvalue weighted by Gasteiger charge is 2.57. The van der Waals surface area contributed by atoms with Crippen LogP contribution in [-0.2, 0) is 4.79 Å². The molecule has 5 N–H and O–H groups in total. The Kier molecular flexibility index (Phi) is 3.05. The Morgan fingerprint density at radius 2 is 2.08 bits per heavy atom. The molecule has 1 saturated carbocycles. The number of carbonyl (C=O) groups excluding carboxylic acids is 1. The predicted octanol–water partition coefficient (Wildman–Crippen LogP) is -1.30. The van der Waals surface area contributed by atoms with Crippen molar-refractivity contribution in [3.63, 3.8) is 0 Å². The number of hydrogen-bond acceptors (Lipinski definition) is 5. The van der Waals surface area contributed by atoms with Crippen molar-refractivity contribution in [2.24, 2.45) is 5.73 Å². The van der Waals surface area contributed by atoms with E-state index in [0.29, 0.717) is 6.42 Å². The average molecular weight is 207 g/mol. The molecule has 0 bridgehead atoms. The molecule has 76 valence electrons. The Morgan fingerprint density at radius 3 is 2.54 bits per heavy atom. The van der Waals surface area contributed by atoms with Gasteiger partial charge < -0.3 is 20.8 Å². The van der Waals surface area contributed by atoms with Crippen LogP contribution in [0.2, 0.25) is 0 Å². The van der Waals surface area contributed by atoms with E-state index in [4.69, 9.17) is 10.6 Å². The Balaban J connectivity index is 2.94. The van der Waals surface area contributed by atoms with Gasteiger partial charge in [0.05, 0.1) is 6.54 Å². The van der Waals surface area contributed by atoms with E-state index in [1.54, 1.807) is 0 Å². The summed E-state index contributed by atoms with van der Waals surface area (Å²) < 4.78 is 0. The zero-order valence-electron chi connectivity index (χ0n) is 7.16. The molecule has 3 atom stereocenters. The summed E-state index contributed by atoms with van der Waals surface area (Å²) in [5, 5.41) is 17.9. The number of Topliss-reactive ketones (excluding diaryl/α,β-unsaturated/α-hetero) is 1. The molecule has 2 unspecified atom stereocenters. The zero-order chi connectivity index (χ0) is 10.1. The van der Waals surface area contributed by atoms with Crippen LogP contribution in [0.4, 0.5) is 0 Å². The highest BCUT2D eigenvalue weighted by molar-refractivity contribution is 7.33. The minimum atomic E-state index is -1.84. The van der Waals surface area contributed by atoms with E-state index >= 15 is 0 Å². The fourth-order valence-electron chi connectivity index (χ4n) is 1.70. The summed E-state index contributed by atoms with van der Waals surface area (Å²) in [6, 6.07) is 0. The number of ketones is 1. The van der Waals surface area contributed by atoms with Crippen molar-refractivity contribution >= 4 is 14.6 Å². The third-order valence-corrected chi connectivity index (χ3v) is 3.63. The maximum Gasteiger partial charge on any atom is 0.181 e. The normalized spacial score (nSPS) is 40.3. The Morgan fingerprint density at radius 1 is 1.46 bits per heavy atom. The molecule has 0 aromatic rings. The Hall–Kier alpha value is -0.0600. The van der Waals surface area contributed by atoms with Crippen LogP contribution in [0.5, 0.6) is 0 Å². The lowest BCUT2D eigenvalue weighted by Gasteiger charge is -2.34. The van der Waals surface area contributed by atoms with Crippen LogP contribution >= 0.6 is 8.81 Å². The van der Waals surface area contributed by atoms with E-state index in [1.165, 1.54) is 0 Å². The zero-order valence-corrected chi connectivity index (χ0v) is 8.16. The second-order valence-corrected chi connectivity index (χ2v) is 4.36. The van der Waals surface area contributed by atoms with Crippen LogP contribution in [0.3, 0.4) is 0 Å². The summed E-state index contributed by atoms with van der Waals surface area (Å²) in [6.45, 7) is -0.316. The Labute approximate surface area is 77.8 Å². The van der Waals surface area contributed by atoms with Gasteiger partial charge in [0.15, 0.2) is 11.4 Å². The molecule has 0 aromatic heterocycles. The fourth-order valence-corrected chi connectivity index (χ4v) is 2.44. The number of carbonyl (C=O) groups is 1. The van der Waals surface area contributed by atoms with Crippen LogP contribution in [0.25, 0.3) is 0 Å². The molecule has 1 rings (SSSR count). The molecule has 6 heteroatoms. The molecule has 0 saturated heterocycles. The summed E-state index contributed by atoms with van der Waals surface area (Å²) in [6.07, 6.45) is 0.934. The van der Waals surface area contributed by atoms with E-state index < -0.39 is 25.5 Å². The van der Waals surface area contributed by atoms with Crippen molar-refractivity contribution in [2.45, 2.75) is 30.2 Å². The maximum absolute atomic E-state index is 11.3. The Bertz CT molecular complexity index is 225. The molecular weight excluding hydrogens is 193 g/mol. The molecule has 1 aliphatic carbocycles. The lowest BCUT2D eigenvalue weighted by molar-refractivity contribution is -0.149. The first kappa shape index (κ1) is 11.0. The molecule has 0 aliphatic heterocycles. The van der Waals surface area contributed by atoms with Crippen molar-refractivity contribution in [1.82, 2.24) is 0 Å². The predicted molar refractivity (Wildman–Crippen MR) is 48.3 cm³/mol. The summed E-state index contributed by atoms with van der Waals surface area (Å²) in [5.74, 6) is -0.603. The molecule has 5 nitrogen and oxygen atoms in total. The minimum absolute atomic E-state index is 0.174. The second-order valence-electron chi connectivity index (χ2n) is 3.31. The molecule has 0 heterocycles. The number of aliphatic hydroxyl groups is 2. The first-order valence-corrected chi connectivity index (χ1v) is 5.04. The van der Waals surface area contributed by atoms with Gasteiger partial charge in [0.2, 0.25) is 0 Å². The van der Waals surface area contributed by atoms with Crippen LogP contribution < -0.4 is 5.73 Å². The standard InChI is InChI=1S/C7H14NO4P/c8-4-5(9)6(10)2-1-3-7(6,11)13-12/h10-13H,1-4,8H2/t6?,7-/m0/s1. The van der Waals surface area contributed by atoms with Gasteiger partial charge in [0.1, 0.15) is 5.34 Å². The summed E-state index contributed by atoms with van der Waals surface area (Å²) in [7, 11) is -0.859. The van der Waals surface area contributed by atoms with Gasteiger partial charge in [-0.3, -0.25) is 4.79 Å². The largest absolute Gasteiger partial charge is 0.380 e. The van der Waals surface area contributed by atoms with Crippen molar-refractivity contribution in [3.05, 3.63) is 0 Å². The molecule has 0 spiro atoms. The van der Waals surface area contributed by atoms with Gasteiger partial charge in [0, 0.05) is 8.81 Å². The van der Waals surface area contributed by atoms with Gasteiger partial charge in [0.25, 0.3) is 0 Å². The van der Waals surface area contributed by atoms with E-state index in [-0.39, 0.29) is 19.4 Å². The number of rotatable bonds is 3. The molecule has 0 radical (unpaired) electrons. The van der Waals surface area contributed by atoms with Gasteiger partial charge in [-0.1, -0.05) is 0 Å². The van der Waals surface area contributed by atoms with Gasteiger partial charge in [-0.15, -0.1) is 0 Å². The summed E-state index contributed by atoms with van der Waals surface area (Å²) in [4.78, 5) is 20.2. The minimum Gasteiger partial charge on any atom is -0.380 e. The van der Waals surface area contributed by atoms with E-state index in [9.17, 15) is 15.0 Å². The van der Waals surface area contributed by atoms with Crippen molar-refractivity contribution in [1.29, 1.82) is 0 Å². The van der Waals surface area contributed by atoms with Crippen LogP contribution in [0.1, 0.15) is 19.3 Å². The van der Waals surface area contributed by atoms with Gasteiger partial charge in [-0.2, -0.15) is 0 Å². The van der Waals surface area contributed by atoms with Crippen LogP contribution in [0, 0.1) is 0 Å². The van der Waals surface area contributed by atoms with Gasteiger partial charge in [-0.25, -0.2) is 0 Å². The maximum atomic E-state index is 11.3. The first-order valence-electron chi connectivity index (χ1n) is 4.09. The summed E-state index contributed by atoms with van der Waals surface area (Å²) in [5.41, 5.74) is 3.28. The topological polar surface area (TPSA) is 104 Å². The fraction of sp³-hybridized carbons (Fsp3) is 0.857. The smallest absolute Gasteiger partial charge is 0.181 e. The van der Waals surface area contributed by atoms with Crippen LogP contribution in [0.15, 0.2) is 0 Å². The molecule has 1 aliphatic rings. The molecule has 1 fully saturated rings. The van der Waals surface area contributed by atoms with Crippen LogP contribution in [-0.4, -0.2) is 38.4 Å². The van der Waals surface area contributed by atoms with E-state index in [2.05, 4.69) is 0 Å². The monoisotopic (exact) mass is 207 g/mol. The van der Waals surface area contributed by atoms with Crippen molar-refractivity contribution < 1.29 is 19.9 Å². The van der Waals surface area contributed by atoms with Gasteiger partial charge in [-0.05, 0) is 19.3 Å². The molecular formula is C7H14NO4P. The highest BCUT2D eigenvalue weighted by atomic mass is 31.1. The molecule has 0 aromatic carbocycles. The van der Waals surface area contributed by atoms with Gasteiger partial charge >= 0.3 is 0 Å². The first-order chi connectivity index (χ1) is 6.00. The van der Waals surface area contributed by atoms with Crippen molar-refractivity contribution in [3.8, 4) is 0 Å². The highest BCUT2D eigenvalue weighted by Crippen LogP contribution is 2.48.